The van der Waals surface area contributed by atoms with Crippen molar-refractivity contribution in [3.8, 4) is 0 Å². The number of hydrogen-bond donors (Lipinski definition) is 1. The fraction of sp³-hybridized carbons (Fsp3) is 0.900. The molecule has 4 nitrogen and oxygen atoms in total. The SMILES string of the molecule is CCCOCC(N)(C(=O)OC)C1CC1. The van der Waals surface area contributed by atoms with Crippen LogP contribution >= 0.6 is 0 Å². The normalized spacial score (nSPS) is 20.2. The van der Waals surface area contributed by atoms with Gasteiger partial charge in [0.2, 0.25) is 0 Å². The zero-order valence-electron chi connectivity index (χ0n) is 8.91. The van der Waals surface area contributed by atoms with Gasteiger partial charge in [-0.3, -0.25) is 0 Å². The molecule has 0 aromatic carbocycles. The Morgan fingerprint density at radius 1 is 1.57 bits per heavy atom. The minimum absolute atomic E-state index is 0.242. The number of esters is 1. The van der Waals surface area contributed by atoms with Crippen molar-refractivity contribution >= 4 is 5.97 Å². The average Bonchev–Trinajstić information content (AvgIpc) is 3.00. The molecule has 0 aromatic heterocycles. The topological polar surface area (TPSA) is 61.5 Å². The van der Waals surface area contributed by atoms with Crippen LogP contribution in [0.3, 0.4) is 0 Å². The lowest BCUT2D eigenvalue weighted by molar-refractivity contribution is -0.150. The molecule has 4 heteroatoms. The Morgan fingerprint density at radius 3 is 2.64 bits per heavy atom. The van der Waals surface area contributed by atoms with Gasteiger partial charge >= 0.3 is 5.97 Å². The predicted octanol–water partition coefficient (Wildman–Crippen LogP) is 0.694. The first-order valence-electron chi connectivity index (χ1n) is 5.10. The highest BCUT2D eigenvalue weighted by Crippen LogP contribution is 2.39. The van der Waals surface area contributed by atoms with Crippen LogP contribution in [0.1, 0.15) is 26.2 Å². The molecule has 0 aliphatic heterocycles. The largest absolute Gasteiger partial charge is 0.468 e. The van der Waals surface area contributed by atoms with Gasteiger partial charge in [-0.05, 0) is 25.2 Å². The maximum atomic E-state index is 11.5. The molecule has 0 amide bonds. The highest BCUT2D eigenvalue weighted by atomic mass is 16.5. The van der Waals surface area contributed by atoms with E-state index < -0.39 is 5.54 Å². The third-order valence-electron chi connectivity index (χ3n) is 2.56. The molecule has 1 atom stereocenters. The smallest absolute Gasteiger partial charge is 0.328 e. The molecule has 14 heavy (non-hydrogen) atoms. The number of rotatable bonds is 6. The molecule has 1 aliphatic carbocycles. The standard InChI is InChI=1S/C10H19NO3/c1-3-6-14-7-10(11,8-4-5-8)9(12)13-2/h8H,3-7,11H2,1-2H3. The van der Waals surface area contributed by atoms with Crippen LogP contribution in [0.5, 0.6) is 0 Å². The minimum Gasteiger partial charge on any atom is -0.468 e. The second-order valence-electron chi connectivity index (χ2n) is 3.86. The lowest BCUT2D eigenvalue weighted by Crippen LogP contribution is -2.54. The van der Waals surface area contributed by atoms with Crippen molar-refractivity contribution in [3.05, 3.63) is 0 Å². The Balaban J connectivity index is 2.48. The first-order valence-corrected chi connectivity index (χ1v) is 5.10. The van der Waals surface area contributed by atoms with E-state index in [2.05, 4.69) is 0 Å². The van der Waals surface area contributed by atoms with Crippen molar-refractivity contribution in [2.75, 3.05) is 20.3 Å². The highest BCUT2D eigenvalue weighted by molar-refractivity contribution is 5.81. The van der Waals surface area contributed by atoms with Crippen molar-refractivity contribution < 1.29 is 14.3 Å². The van der Waals surface area contributed by atoms with E-state index in [0.29, 0.717) is 6.61 Å². The lowest BCUT2D eigenvalue weighted by Gasteiger charge is -2.25. The van der Waals surface area contributed by atoms with E-state index in [1.807, 2.05) is 6.92 Å². The fourth-order valence-corrected chi connectivity index (χ4v) is 1.52. The van der Waals surface area contributed by atoms with Crippen molar-refractivity contribution in [3.63, 3.8) is 0 Å². The van der Waals surface area contributed by atoms with Gasteiger partial charge in [-0.1, -0.05) is 6.92 Å². The van der Waals surface area contributed by atoms with Gasteiger partial charge in [-0.2, -0.15) is 0 Å². The van der Waals surface area contributed by atoms with Crippen LogP contribution < -0.4 is 5.73 Å². The van der Waals surface area contributed by atoms with Crippen molar-refractivity contribution in [1.82, 2.24) is 0 Å². The third kappa shape index (κ3) is 2.45. The second kappa shape index (κ2) is 4.75. The maximum Gasteiger partial charge on any atom is 0.328 e. The van der Waals surface area contributed by atoms with E-state index in [-0.39, 0.29) is 18.5 Å². The monoisotopic (exact) mass is 201 g/mol. The number of hydrogen-bond acceptors (Lipinski definition) is 4. The summed E-state index contributed by atoms with van der Waals surface area (Å²) < 4.78 is 10.0. The summed E-state index contributed by atoms with van der Waals surface area (Å²) >= 11 is 0. The molecule has 0 saturated heterocycles. The molecule has 2 N–H and O–H groups in total. The summed E-state index contributed by atoms with van der Waals surface area (Å²) in [4.78, 5) is 11.5. The van der Waals surface area contributed by atoms with Gasteiger partial charge in [0, 0.05) is 6.61 Å². The lowest BCUT2D eigenvalue weighted by atomic mass is 9.96. The zero-order valence-corrected chi connectivity index (χ0v) is 8.91. The molecule has 0 heterocycles. The summed E-state index contributed by atoms with van der Waals surface area (Å²) in [5, 5.41) is 0. The zero-order chi connectivity index (χ0) is 10.6. The van der Waals surface area contributed by atoms with Gasteiger partial charge in [0.1, 0.15) is 5.54 Å². The summed E-state index contributed by atoms with van der Waals surface area (Å²) in [7, 11) is 1.37. The van der Waals surface area contributed by atoms with Gasteiger partial charge in [0.25, 0.3) is 0 Å². The number of methoxy groups -OCH3 is 1. The maximum absolute atomic E-state index is 11.5. The molecule has 0 spiro atoms. The molecule has 0 bridgehead atoms. The second-order valence-corrected chi connectivity index (χ2v) is 3.86. The summed E-state index contributed by atoms with van der Waals surface area (Å²) in [6, 6.07) is 0. The number of ether oxygens (including phenoxy) is 2. The van der Waals surface area contributed by atoms with Crippen LogP contribution in [0.4, 0.5) is 0 Å². The van der Waals surface area contributed by atoms with E-state index in [1.54, 1.807) is 0 Å². The Kier molecular flexibility index (Phi) is 3.89. The van der Waals surface area contributed by atoms with Crippen LogP contribution in [0.15, 0.2) is 0 Å². The number of carbonyl (C=O) groups excluding carboxylic acids is 1. The average molecular weight is 201 g/mol. The highest BCUT2D eigenvalue weighted by Gasteiger charge is 2.49. The Morgan fingerprint density at radius 2 is 2.21 bits per heavy atom. The van der Waals surface area contributed by atoms with Crippen molar-refractivity contribution in [2.24, 2.45) is 11.7 Å². The first kappa shape index (κ1) is 11.5. The molecule has 0 aromatic rings. The quantitative estimate of drug-likeness (QED) is 0.507. The first-order chi connectivity index (χ1) is 6.65. The van der Waals surface area contributed by atoms with E-state index in [4.69, 9.17) is 15.2 Å². The summed E-state index contributed by atoms with van der Waals surface area (Å²) in [6.45, 7) is 2.94. The van der Waals surface area contributed by atoms with Crippen LogP contribution in [0.25, 0.3) is 0 Å². The van der Waals surface area contributed by atoms with Crippen molar-refractivity contribution in [2.45, 2.75) is 31.7 Å². The van der Waals surface area contributed by atoms with Crippen LogP contribution in [-0.2, 0) is 14.3 Å². The third-order valence-corrected chi connectivity index (χ3v) is 2.56. The summed E-state index contributed by atoms with van der Waals surface area (Å²) in [6.07, 6.45) is 2.93. The molecule has 0 radical (unpaired) electrons. The Bertz CT molecular complexity index is 204. The van der Waals surface area contributed by atoms with Gasteiger partial charge in [-0.15, -0.1) is 0 Å². The van der Waals surface area contributed by atoms with E-state index in [0.717, 1.165) is 19.3 Å². The molecule has 1 rings (SSSR count). The summed E-state index contributed by atoms with van der Waals surface area (Å²) in [5.74, 6) is -0.108. The summed E-state index contributed by atoms with van der Waals surface area (Å²) in [5.41, 5.74) is 5.09. The Labute approximate surface area is 84.7 Å². The molecule has 1 saturated carbocycles. The van der Waals surface area contributed by atoms with Gasteiger partial charge in [0.05, 0.1) is 13.7 Å². The van der Waals surface area contributed by atoms with Crippen LogP contribution in [0, 0.1) is 5.92 Å². The van der Waals surface area contributed by atoms with E-state index in [9.17, 15) is 4.79 Å². The number of carbonyl (C=O) groups is 1. The molecule has 82 valence electrons. The van der Waals surface area contributed by atoms with Crippen LogP contribution in [0.2, 0.25) is 0 Å². The molecular weight excluding hydrogens is 182 g/mol. The van der Waals surface area contributed by atoms with Crippen molar-refractivity contribution in [1.29, 1.82) is 0 Å². The van der Waals surface area contributed by atoms with Gasteiger partial charge in [0.15, 0.2) is 0 Å². The molecular formula is C10H19NO3. The van der Waals surface area contributed by atoms with Crippen LogP contribution in [-0.4, -0.2) is 31.8 Å². The molecule has 1 unspecified atom stereocenters. The Hall–Kier alpha value is -0.610. The van der Waals surface area contributed by atoms with E-state index >= 15 is 0 Å². The van der Waals surface area contributed by atoms with Gasteiger partial charge in [-0.25, -0.2) is 4.79 Å². The predicted molar refractivity (Wildman–Crippen MR) is 52.8 cm³/mol. The number of nitrogens with two attached hydrogens (primary N) is 1. The van der Waals surface area contributed by atoms with E-state index in [1.165, 1.54) is 7.11 Å². The molecule has 1 fully saturated rings. The minimum atomic E-state index is -0.913. The van der Waals surface area contributed by atoms with Gasteiger partial charge < -0.3 is 15.2 Å². The molecule has 1 aliphatic rings. The fourth-order valence-electron chi connectivity index (χ4n) is 1.52.